The van der Waals surface area contributed by atoms with Gasteiger partial charge in [0.1, 0.15) is 5.75 Å². The fraction of sp³-hybridized carbons (Fsp3) is 0.364. The summed E-state index contributed by atoms with van der Waals surface area (Å²) >= 11 is 0. The van der Waals surface area contributed by atoms with Crippen LogP contribution in [-0.4, -0.2) is 53.8 Å². The molecule has 3 aromatic rings. The van der Waals surface area contributed by atoms with E-state index >= 15 is 0 Å². The number of aryl methyl sites for hydroxylation is 1. The molecule has 3 aliphatic rings. The number of aromatic hydroxyl groups is 1. The Hall–Kier alpha value is -3.57. The number of phenolic OH excluding ortho intramolecular Hbond substituents is 1. The van der Waals surface area contributed by atoms with Crippen molar-refractivity contribution < 1.29 is 15.0 Å². The smallest absolute Gasteiger partial charge is 0.317 e. The second kappa shape index (κ2) is 10.3. The van der Waals surface area contributed by atoms with Gasteiger partial charge in [0.25, 0.3) is 0 Å². The summed E-state index contributed by atoms with van der Waals surface area (Å²) in [5, 5.41) is 19.4. The lowest BCUT2D eigenvalue weighted by Gasteiger charge is -2.41. The molecule has 5 heteroatoms. The number of aliphatic carboxylic acids is 1. The number of rotatable bonds is 5. The quantitative estimate of drug-likeness (QED) is 0.438. The van der Waals surface area contributed by atoms with Crippen molar-refractivity contribution in [2.45, 2.75) is 38.5 Å². The average molecular weight is 509 g/mol. The number of carbonyl (C=O) groups is 1. The highest BCUT2D eigenvalue weighted by Crippen LogP contribution is 2.43. The third kappa shape index (κ3) is 4.95. The second-order valence-electron chi connectivity index (χ2n) is 11.3. The van der Waals surface area contributed by atoms with E-state index in [9.17, 15) is 15.0 Å². The minimum absolute atomic E-state index is 0.147. The van der Waals surface area contributed by atoms with Crippen LogP contribution in [0.15, 0.2) is 72.8 Å². The van der Waals surface area contributed by atoms with E-state index in [0.717, 1.165) is 58.3 Å². The monoisotopic (exact) mass is 508 g/mol. The van der Waals surface area contributed by atoms with Crippen molar-refractivity contribution in [3.63, 3.8) is 0 Å². The molecule has 2 saturated heterocycles. The Kier molecular flexibility index (Phi) is 6.71. The number of phenols is 1. The van der Waals surface area contributed by atoms with E-state index in [0.29, 0.717) is 5.75 Å². The van der Waals surface area contributed by atoms with Crippen molar-refractivity contribution in [2.24, 2.45) is 5.41 Å². The van der Waals surface area contributed by atoms with E-state index < -0.39 is 5.97 Å². The first-order chi connectivity index (χ1) is 18.5. The van der Waals surface area contributed by atoms with Crippen molar-refractivity contribution in [3.05, 3.63) is 95.1 Å². The number of carboxylic acids is 1. The Morgan fingerprint density at radius 2 is 1.66 bits per heavy atom. The van der Waals surface area contributed by atoms with Gasteiger partial charge in [0.2, 0.25) is 0 Å². The van der Waals surface area contributed by atoms with Gasteiger partial charge in [-0.3, -0.25) is 9.69 Å². The zero-order valence-electron chi connectivity index (χ0n) is 21.9. The number of hydrogen-bond donors (Lipinski definition) is 2. The summed E-state index contributed by atoms with van der Waals surface area (Å²) in [6.45, 7) is 3.94. The van der Waals surface area contributed by atoms with Crippen molar-refractivity contribution in [3.8, 4) is 5.75 Å². The van der Waals surface area contributed by atoms with Crippen molar-refractivity contribution in [1.82, 2.24) is 4.90 Å². The van der Waals surface area contributed by atoms with Gasteiger partial charge in [-0.05, 0) is 103 Å². The van der Waals surface area contributed by atoms with Crippen LogP contribution in [0.1, 0.15) is 54.4 Å². The summed E-state index contributed by atoms with van der Waals surface area (Å²) in [6.07, 6.45) is 6.40. The Balaban J connectivity index is 1.32. The lowest BCUT2D eigenvalue weighted by Crippen LogP contribution is -2.45. The molecule has 38 heavy (non-hydrogen) atoms. The van der Waals surface area contributed by atoms with Crippen LogP contribution in [0, 0.1) is 5.41 Å². The molecule has 1 aliphatic carbocycles. The highest BCUT2D eigenvalue weighted by Gasteiger charge is 2.41. The van der Waals surface area contributed by atoms with Gasteiger partial charge in [-0.25, -0.2) is 0 Å². The number of hydrogen-bond acceptors (Lipinski definition) is 4. The number of piperidine rings is 1. The Labute approximate surface area is 225 Å². The molecule has 1 unspecified atom stereocenters. The second-order valence-corrected chi connectivity index (χ2v) is 11.3. The lowest BCUT2D eigenvalue weighted by atomic mass is 9.79. The van der Waals surface area contributed by atoms with E-state index in [4.69, 9.17) is 0 Å². The molecule has 0 aromatic heterocycles. The molecule has 0 radical (unpaired) electrons. The Morgan fingerprint density at radius 3 is 2.45 bits per heavy atom. The normalized spacial score (nSPS) is 21.9. The topological polar surface area (TPSA) is 64.0 Å². The molecule has 2 fully saturated rings. The molecule has 0 amide bonds. The van der Waals surface area contributed by atoms with Crippen LogP contribution in [0.25, 0.3) is 11.1 Å². The van der Waals surface area contributed by atoms with E-state index in [1.165, 1.54) is 45.5 Å². The predicted molar refractivity (Wildman–Crippen MR) is 152 cm³/mol. The number of anilines is 1. The first kappa shape index (κ1) is 24.7. The first-order valence-corrected chi connectivity index (χ1v) is 13.9. The molecule has 196 valence electrons. The maximum absolute atomic E-state index is 11.2. The molecule has 0 bridgehead atoms. The van der Waals surface area contributed by atoms with E-state index in [2.05, 4.69) is 70.5 Å². The summed E-state index contributed by atoms with van der Waals surface area (Å²) < 4.78 is 0. The zero-order valence-corrected chi connectivity index (χ0v) is 21.9. The van der Waals surface area contributed by atoms with Gasteiger partial charge in [-0.15, -0.1) is 0 Å². The van der Waals surface area contributed by atoms with Gasteiger partial charge < -0.3 is 15.1 Å². The fourth-order valence-corrected chi connectivity index (χ4v) is 6.99. The van der Waals surface area contributed by atoms with E-state index in [1.807, 2.05) is 12.1 Å². The van der Waals surface area contributed by atoms with Gasteiger partial charge in [0, 0.05) is 30.7 Å². The highest BCUT2D eigenvalue weighted by atomic mass is 16.4. The lowest BCUT2D eigenvalue weighted by molar-refractivity contribution is -0.138. The van der Waals surface area contributed by atoms with E-state index in [1.54, 1.807) is 0 Å². The minimum atomic E-state index is -0.732. The first-order valence-electron chi connectivity index (χ1n) is 13.9. The number of allylic oxidation sites excluding steroid dienone is 1. The fourth-order valence-electron chi connectivity index (χ4n) is 6.99. The molecule has 1 spiro atoms. The average Bonchev–Trinajstić information content (AvgIpc) is 3.19. The number of carboxylic acid groups (broad SMARTS) is 1. The summed E-state index contributed by atoms with van der Waals surface area (Å²) in [4.78, 5) is 15.8. The van der Waals surface area contributed by atoms with Crippen LogP contribution in [0.4, 0.5) is 5.69 Å². The van der Waals surface area contributed by atoms with Crippen LogP contribution in [0.5, 0.6) is 5.75 Å². The molecule has 0 saturated carbocycles. The maximum atomic E-state index is 11.2. The number of likely N-dealkylation sites (tertiary alicyclic amines) is 1. The zero-order chi connectivity index (χ0) is 26.1. The van der Waals surface area contributed by atoms with Crippen LogP contribution in [-0.2, 0) is 11.2 Å². The van der Waals surface area contributed by atoms with Crippen LogP contribution in [0.3, 0.4) is 0 Å². The van der Waals surface area contributed by atoms with Gasteiger partial charge in [-0.1, -0.05) is 48.5 Å². The summed E-state index contributed by atoms with van der Waals surface area (Å²) in [5.74, 6) is -0.403. The summed E-state index contributed by atoms with van der Waals surface area (Å²) in [6, 6.07) is 25.6. The van der Waals surface area contributed by atoms with Crippen molar-refractivity contribution >= 4 is 22.8 Å². The summed E-state index contributed by atoms with van der Waals surface area (Å²) in [7, 11) is 0. The van der Waals surface area contributed by atoms with Gasteiger partial charge >= 0.3 is 5.97 Å². The Morgan fingerprint density at radius 1 is 0.842 bits per heavy atom. The van der Waals surface area contributed by atoms with Crippen molar-refractivity contribution in [1.29, 1.82) is 0 Å². The van der Waals surface area contributed by atoms with Crippen LogP contribution in [0.2, 0.25) is 0 Å². The Bertz CT molecular complexity index is 1350. The standard InChI is InChI=1S/C33H36N2O3/c36-28-14-15-30-26(20-28)8-4-9-29(24-6-2-1-3-7-24)32(30)25-10-12-27(13-11-25)35-18-5-16-33(23-35)17-19-34(22-33)21-31(37)38/h1-3,6-7,10-15,20,36H,4-5,8-9,16-19,21-23H2,(H,37,38). The maximum Gasteiger partial charge on any atom is 0.317 e. The number of fused-ring (bicyclic) bond motifs is 1. The molecule has 1 atom stereocenters. The molecule has 2 N–H and O–H groups in total. The molecule has 2 aliphatic heterocycles. The third-order valence-corrected chi connectivity index (χ3v) is 8.71. The van der Waals surface area contributed by atoms with E-state index in [-0.39, 0.29) is 12.0 Å². The molecular weight excluding hydrogens is 472 g/mol. The number of nitrogens with zero attached hydrogens (tertiary/aromatic N) is 2. The number of benzene rings is 3. The molecule has 6 rings (SSSR count). The summed E-state index contributed by atoms with van der Waals surface area (Å²) in [5.41, 5.74) is 8.96. The predicted octanol–water partition coefficient (Wildman–Crippen LogP) is 6.06. The largest absolute Gasteiger partial charge is 0.508 e. The molecular formula is C33H36N2O3. The highest BCUT2D eigenvalue weighted by molar-refractivity contribution is 6.00. The van der Waals surface area contributed by atoms with Crippen LogP contribution >= 0.6 is 0 Å². The van der Waals surface area contributed by atoms with Gasteiger partial charge in [0.15, 0.2) is 0 Å². The minimum Gasteiger partial charge on any atom is -0.508 e. The molecule has 3 aromatic carbocycles. The SMILES string of the molecule is O=C(O)CN1CCC2(CCCN(c3ccc(C4=C(c5ccccc5)CCCc5cc(O)ccc54)cc3)C2)C1. The van der Waals surface area contributed by atoms with Gasteiger partial charge in [-0.2, -0.15) is 0 Å². The molecule has 5 nitrogen and oxygen atoms in total. The third-order valence-electron chi connectivity index (χ3n) is 8.71. The molecule has 2 heterocycles. The van der Waals surface area contributed by atoms with Gasteiger partial charge in [0.05, 0.1) is 6.54 Å². The van der Waals surface area contributed by atoms with Crippen molar-refractivity contribution in [2.75, 3.05) is 37.6 Å². The van der Waals surface area contributed by atoms with Crippen LogP contribution < -0.4 is 4.90 Å².